The van der Waals surface area contributed by atoms with Crippen LogP contribution in [0.15, 0.2) is 0 Å². The Bertz CT molecular complexity index is 118. The Kier molecular flexibility index (Phi) is 1.22. The fourth-order valence-electron chi connectivity index (χ4n) is 1.58. The van der Waals surface area contributed by atoms with Crippen molar-refractivity contribution in [2.75, 3.05) is 0 Å². The molecule has 2 rings (SSSR count). The molecule has 3 atom stereocenters. The summed E-state index contributed by atoms with van der Waals surface area (Å²) in [6.07, 6.45) is 3.57. The zero-order valence-electron chi connectivity index (χ0n) is 5.25. The lowest BCUT2D eigenvalue weighted by Gasteiger charge is -2.23. The first-order chi connectivity index (χ1) is 4.36. The molecule has 2 aliphatic rings. The van der Waals surface area contributed by atoms with E-state index in [1.54, 1.807) is 0 Å². The first kappa shape index (κ1) is 5.65. The zero-order valence-corrected chi connectivity index (χ0v) is 5.25. The van der Waals surface area contributed by atoms with Crippen molar-refractivity contribution in [3.8, 4) is 0 Å². The first-order valence-corrected chi connectivity index (χ1v) is 3.44. The Labute approximate surface area is 54.0 Å². The molecule has 1 aliphatic heterocycles. The Morgan fingerprint density at radius 1 is 1.22 bits per heavy atom. The van der Waals surface area contributed by atoms with Crippen molar-refractivity contribution in [1.82, 2.24) is 0 Å². The van der Waals surface area contributed by atoms with Gasteiger partial charge in [0.05, 0.1) is 6.10 Å². The van der Waals surface area contributed by atoms with Gasteiger partial charge in [-0.1, -0.05) is 0 Å². The minimum absolute atomic E-state index is 0.163. The normalized spacial score (nSPS) is 49.7. The van der Waals surface area contributed by atoms with Gasteiger partial charge < -0.3 is 5.73 Å². The molecule has 1 saturated heterocycles. The molecule has 0 spiro atoms. The lowest BCUT2D eigenvalue weighted by atomic mass is 10.1. The maximum Gasteiger partial charge on any atom is 0.144 e. The molecular weight excluding hydrogens is 118 g/mol. The summed E-state index contributed by atoms with van der Waals surface area (Å²) in [6, 6.07) is 0. The molecule has 2 fully saturated rings. The van der Waals surface area contributed by atoms with Gasteiger partial charge in [0.1, 0.15) is 6.23 Å². The Hall–Kier alpha value is -0.120. The van der Waals surface area contributed by atoms with Gasteiger partial charge in [-0.2, -0.15) is 0 Å². The van der Waals surface area contributed by atoms with Crippen LogP contribution in [-0.4, -0.2) is 12.3 Å². The van der Waals surface area contributed by atoms with Crippen LogP contribution < -0.4 is 5.73 Å². The molecule has 1 heterocycles. The standard InChI is InChI=1S/C6H11NO2/c7-6-4-1-2-5(3-4)8-9-6/h4-6H,1-3,7H2/t4-,5-,6+/m0/s1. The second-order valence-electron chi connectivity index (χ2n) is 2.85. The highest BCUT2D eigenvalue weighted by atomic mass is 17.2. The van der Waals surface area contributed by atoms with Crippen LogP contribution in [0.2, 0.25) is 0 Å². The van der Waals surface area contributed by atoms with E-state index in [-0.39, 0.29) is 6.23 Å². The Morgan fingerprint density at radius 3 is 2.89 bits per heavy atom. The van der Waals surface area contributed by atoms with Gasteiger partial charge in [-0.3, -0.25) is 0 Å². The van der Waals surface area contributed by atoms with Crippen molar-refractivity contribution in [2.45, 2.75) is 31.6 Å². The average Bonchev–Trinajstić information content (AvgIpc) is 2.25. The summed E-state index contributed by atoms with van der Waals surface area (Å²) < 4.78 is 0. The van der Waals surface area contributed by atoms with Gasteiger partial charge in [-0.15, -0.1) is 0 Å². The molecule has 1 aliphatic carbocycles. The van der Waals surface area contributed by atoms with E-state index < -0.39 is 0 Å². The Balaban J connectivity index is 2.05. The molecule has 1 saturated carbocycles. The van der Waals surface area contributed by atoms with E-state index in [0.717, 1.165) is 12.8 Å². The largest absolute Gasteiger partial charge is 0.303 e. The predicted octanol–water partition coefficient (Wildman–Crippen LogP) is 0.402. The predicted molar refractivity (Wildman–Crippen MR) is 31.3 cm³/mol. The molecule has 0 unspecified atom stereocenters. The summed E-state index contributed by atoms with van der Waals surface area (Å²) in [5.41, 5.74) is 5.57. The van der Waals surface area contributed by atoms with Crippen LogP contribution in [0.1, 0.15) is 19.3 Å². The van der Waals surface area contributed by atoms with Crippen molar-refractivity contribution in [3.63, 3.8) is 0 Å². The molecule has 3 heteroatoms. The third-order valence-electron chi connectivity index (χ3n) is 2.19. The van der Waals surface area contributed by atoms with E-state index in [9.17, 15) is 0 Å². The quantitative estimate of drug-likeness (QED) is 0.481. The van der Waals surface area contributed by atoms with Crippen LogP contribution in [0.3, 0.4) is 0 Å². The van der Waals surface area contributed by atoms with Crippen molar-refractivity contribution >= 4 is 0 Å². The van der Waals surface area contributed by atoms with Crippen LogP contribution in [0, 0.1) is 5.92 Å². The maximum absolute atomic E-state index is 5.57. The highest BCUT2D eigenvalue weighted by molar-refractivity contribution is 4.80. The van der Waals surface area contributed by atoms with Crippen molar-refractivity contribution in [1.29, 1.82) is 0 Å². The number of hydrogen-bond donors (Lipinski definition) is 1. The fraction of sp³-hybridized carbons (Fsp3) is 1.00. The van der Waals surface area contributed by atoms with Gasteiger partial charge in [0.15, 0.2) is 0 Å². The molecule has 9 heavy (non-hydrogen) atoms. The van der Waals surface area contributed by atoms with Gasteiger partial charge in [0, 0.05) is 5.92 Å². The molecule has 2 bridgehead atoms. The molecule has 0 aromatic heterocycles. The molecule has 0 aromatic rings. The zero-order chi connectivity index (χ0) is 6.27. The molecule has 0 aromatic carbocycles. The van der Waals surface area contributed by atoms with E-state index in [0.29, 0.717) is 12.0 Å². The number of rotatable bonds is 0. The number of nitrogens with two attached hydrogens (primary N) is 1. The van der Waals surface area contributed by atoms with E-state index in [2.05, 4.69) is 0 Å². The van der Waals surface area contributed by atoms with Crippen LogP contribution >= 0.6 is 0 Å². The molecule has 52 valence electrons. The molecule has 0 radical (unpaired) electrons. The van der Waals surface area contributed by atoms with E-state index in [1.165, 1.54) is 6.42 Å². The molecular formula is C6H11NO2. The van der Waals surface area contributed by atoms with Crippen LogP contribution in [-0.2, 0) is 9.78 Å². The Morgan fingerprint density at radius 2 is 2.11 bits per heavy atom. The number of hydrogen-bond acceptors (Lipinski definition) is 3. The average molecular weight is 129 g/mol. The summed E-state index contributed by atoms with van der Waals surface area (Å²) in [5.74, 6) is 0.559. The summed E-state index contributed by atoms with van der Waals surface area (Å²) in [5, 5.41) is 0. The lowest BCUT2D eigenvalue weighted by molar-refractivity contribution is -0.372. The summed E-state index contributed by atoms with van der Waals surface area (Å²) in [7, 11) is 0. The van der Waals surface area contributed by atoms with Crippen molar-refractivity contribution in [3.05, 3.63) is 0 Å². The van der Waals surface area contributed by atoms with Gasteiger partial charge >= 0.3 is 0 Å². The lowest BCUT2D eigenvalue weighted by Crippen LogP contribution is -2.36. The molecule has 3 nitrogen and oxygen atoms in total. The second-order valence-corrected chi connectivity index (χ2v) is 2.85. The highest BCUT2D eigenvalue weighted by Crippen LogP contribution is 2.34. The third kappa shape index (κ3) is 0.852. The van der Waals surface area contributed by atoms with Crippen LogP contribution in [0.5, 0.6) is 0 Å². The maximum atomic E-state index is 5.57. The van der Waals surface area contributed by atoms with Gasteiger partial charge in [0.25, 0.3) is 0 Å². The molecule has 2 N–H and O–H groups in total. The van der Waals surface area contributed by atoms with Gasteiger partial charge in [-0.25, -0.2) is 9.78 Å². The van der Waals surface area contributed by atoms with E-state index in [1.807, 2.05) is 0 Å². The van der Waals surface area contributed by atoms with Crippen LogP contribution in [0.25, 0.3) is 0 Å². The van der Waals surface area contributed by atoms with Crippen molar-refractivity contribution < 1.29 is 9.78 Å². The fourth-order valence-corrected chi connectivity index (χ4v) is 1.58. The van der Waals surface area contributed by atoms with Crippen LogP contribution in [0.4, 0.5) is 0 Å². The number of fused-ring (bicyclic) bond motifs is 2. The van der Waals surface area contributed by atoms with Crippen molar-refractivity contribution in [2.24, 2.45) is 11.7 Å². The first-order valence-electron chi connectivity index (χ1n) is 3.44. The minimum Gasteiger partial charge on any atom is -0.303 e. The van der Waals surface area contributed by atoms with Gasteiger partial charge in [-0.05, 0) is 19.3 Å². The topological polar surface area (TPSA) is 44.5 Å². The summed E-state index contributed by atoms with van der Waals surface area (Å²) in [6.45, 7) is 0. The summed E-state index contributed by atoms with van der Waals surface area (Å²) in [4.78, 5) is 9.80. The summed E-state index contributed by atoms with van der Waals surface area (Å²) >= 11 is 0. The monoisotopic (exact) mass is 129 g/mol. The van der Waals surface area contributed by atoms with Gasteiger partial charge in [0.2, 0.25) is 0 Å². The minimum atomic E-state index is -0.163. The van der Waals surface area contributed by atoms with E-state index in [4.69, 9.17) is 15.5 Å². The second kappa shape index (κ2) is 1.94. The smallest absolute Gasteiger partial charge is 0.144 e. The third-order valence-corrected chi connectivity index (χ3v) is 2.19. The molecule has 0 amide bonds. The van der Waals surface area contributed by atoms with E-state index >= 15 is 0 Å². The SMILES string of the molecule is N[C@@H]1OO[C@H]2CC[C@H]1C2. The highest BCUT2D eigenvalue weighted by Gasteiger charge is 2.36.